The molecule has 0 bridgehead atoms. The van der Waals surface area contributed by atoms with Crippen LogP contribution in [-0.2, 0) is 0 Å². The molecule has 1 unspecified atom stereocenters. The molecule has 2 aliphatic heterocycles. The summed E-state index contributed by atoms with van der Waals surface area (Å²) in [7, 11) is 1.47. The van der Waals surface area contributed by atoms with Crippen LogP contribution in [0.1, 0.15) is 15.9 Å². The molecular weight excluding hydrogens is 485 g/mol. The van der Waals surface area contributed by atoms with Crippen LogP contribution in [0, 0.1) is 0 Å². The first kappa shape index (κ1) is 23.2. The zero-order chi connectivity index (χ0) is 24.5. The van der Waals surface area contributed by atoms with Crippen molar-refractivity contribution in [1.29, 1.82) is 0 Å². The number of aromatic nitrogens is 1. The number of ether oxygens (including phenoxy) is 1. The zero-order valence-corrected chi connectivity index (χ0v) is 20.3. The van der Waals surface area contributed by atoms with Crippen molar-refractivity contribution < 1.29 is 9.53 Å². The Kier molecular flexibility index (Phi) is 6.38. The van der Waals surface area contributed by atoms with Crippen molar-refractivity contribution in [2.45, 2.75) is 6.04 Å². The van der Waals surface area contributed by atoms with Crippen molar-refractivity contribution in [2.75, 3.05) is 20.2 Å². The smallest absolute Gasteiger partial charge is 0.224 e. The molecule has 2 N–H and O–H groups in total. The van der Waals surface area contributed by atoms with E-state index in [1.807, 2.05) is 53.6 Å². The third kappa shape index (κ3) is 4.23. The van der Waals surface area contributed by atoms with Crippen LogP contribution in [0.15, 0.2) is 70.8 Å². The molecule has 35 heavy (non-hydrogen) atoms. The summed E-state index contributed by atoms with van der Waals surface area (Å²) in [6.07, 6.45) is 4.53. The van der Waals surface area contributed by atoms with Crippen molar-refractivity contribution in [3.8, 4) is 28.3 Å². The van der Waals surface area contributed by atoms with Crippen molar-refractivity contribution >= 4 is 41.0 Å². The van der Waals surface area contributed by atoms with E-state index in [2.05, 4.69) is 9.98 Å². The number of allylic oxidation sites excluding steroid dienone is 1. The molecule has 0 saturated heterocycles. The van der Waals surface area contributed by atoms with Gasteiger partial charge in [0.1, 0.15) is 5.84 Å². The van der Waals surface area contributed by atoms with E-state index in [9.17, 15) is 4.79 Å². The molecule has 0 amide bonds. The number of fused-ring (bicyclic) bond motifs is 1. The number of carbonyl (C=O) groups excluding carboxylic acids is 1. The first-order valence-electron chi connectivity index (χ1n) is 10.9. The van der Waals surface area contributed by atoms with Gasteiger partial charge in [-0.1, -0.05) is 59.6 Å². The second kappa shape index (κ2) is 9.62. The number of nitrogens with two attached hydrogens (primary N) is 1. The fourth-order valence-corrected chi connectivity index (χ4v) is 4.78. The number of benzene rings is 2. The number of amidine groups is 1. The minimum Gasteiger partial charge on any atom is -0.480 e. The highest BCUT2D eigenvalue weighted by molar-refractivity contribution is 6.40. The zero-order valence-electron chi connectivity index (χ0n) is 18.8. The monoisotopic (exact) mass is 505 g/mol. The molecule has 0 aliphatic carbocycles. The van der Waals surface area contributed by atoms with Gasteiger partial charge in [-0.05, 0) is 24.3 Å². The number of hydrazone groups is 1. The van der Waals surface area contributed by atoms with Crippen LogP contribution >= 0.6 is 23.2 Å². The van der Waals surface area contributed by atoms with Gasteiger partial charge in [-0.3, -0.25) is 9.79 Å². The van der Waals surface area contributed by atoms with E-state index in [4.69, 9.17) is 38.8 Å². The first-order chi connectivity index (χ1) is 17.0. The van der Waals surface area contributed by atoms with Crippen LogP contribution in [0.4, 0.5) is 0 Å². The number of aliphatic imine (C=N–C) groups is 1. The standard InChI is InChI=1S/C26H21Cl2N5O2/c1-35-26-15(14-34)8-9-21(31-26)19-6-2-4-17(24(19)27)18-5-3-7-20(25(18)28)22-10-11-23-30-16(12-29)13-33(23)32-22/h2-11,14,16H,12-13,29H2,1H3. The highest BCUT2D eigenvalue weighted by Crippen LogP contribution is 2.40. The molecule has 0 fully saturated rings. The number of nitrogens with zero attached hydrogens (tertiary/aromatic N) is 4. The predicted molar refractivity (Wildman–Crippen MR) is 140 cm³/mol. The van der Waals surface area contributed by atoms with Crippen LogP contribution in [-0.4, -0.2) is 54.1 Å². The molecular formula is C26H21Cl2N5O2. The number of hydrogen-bond acceptors (Lipinski definition) is 7. The highest BCUT2D eigenvalue weighted by atomic mass is 35.5. The summed E-state index contributed by atoms with van der Waals surface area (Å²) in [6, 6.07) is 14.9. The number of hydrogen-bond donors (Lipinski definition) is 1. The normalized spacial score (nSPS) is 16.6. The van der Waals surface area contributed by atoms with Gasteiger partial charge in [0.05, 0.1) is 46.7 Å². The minimum absolute atomic E-state index is 0.0360. The Morgan fingerprint density at radius 2 is 1.71 bits per heavy atom. The molecule has 5 rings (SSSR count). The van der Waals surface area contributed by atoms with Gasteiger partial charge in [0.15, 0.2) is 6.29 Å². The lowest BCUT2D eigenvalue weighted by Gasteiger charge is -2.19. The Hall–Kier alpha value is -3.52. The second-order valence-corrected chi connectivity index (χ2v) is 8.78. The number of methoxy groups -OCH3 is 1. The molecule has 3 aromatic rings. The van der Waals surface area contributed by atoms with Crippen molar-refractivity contribution in [2.24, 2.45) is 15.8 Å². The highest BCUT2D eigenvalue weighted by Gasteiger charge is 2.26. The lowest BCUT2D eigenvalue weighted by atomic mass is 9.97. The number of halogens is 2. The quantitative estimate of drug-likeness (QED) is 0.482. The summed E-state index contributed by atoms with van der Waals surface area (Å²) in [5.74, 6) is 1.04. The van der Waals surface area contributed by atoms with Gasteiger partial charge < -0.3 is 10.5 Å². The summed E-state index contributed by atoms with van der Waals surface area (Å²) < 4.78 is 5.25. The Bertz CT molecular complexity index is 1420. The van der Waals surface area contributed by atoms with Crippen molar-refractivity contribution in [1.82, 2.24) is 9.99 Å². The predicted octanol–water partition coefficient (Wildman–Crippen LogP) is 4.86. The van der Waals surface area contributed by atoms with E-state index in [0.717, 1.165) is 28.2 Å². The molecule has 7 nitrogen and oxygen atoms in total. The summed E-state index contributed by atoms with van der Waals surface area (Å²) >= 11 is 13.8. The Balaban J connectivity index is 1.54. The molecule has 0 radical (unpaired) electrons. The molecule has 3 heterocycles. The van der Waals surface area contributed by atoms with Gasteiger partial charge in [-0.25, -0.2) is 9.99 Å². The third-order valence-electron chi connectivity index (χ3n) is 5.90. The SMILES string of the molecule is COc1nc(-c2cccc(-c3cccc(C4=NN5CC(CN)N=C5C=C4)c3Cl)c2Cl)ccc1C=O. The molecule has 2 aliphatic rings. The van der Waals surface area contributed by atoms with Crippen LogP contribution in [0.5, 0.6) is 5.88 Å². The van der Waals surface area contributed by atoms with Gasteiger partial charge in [-0.2, -0.15) is 5.10 Å². The lowest BCUT2D eigenvalue weighted by molar-refractivity contribution is 0.112. The number of pyridine rings is 1. The fourth-order valence-electron chi connectivity index (χ4n) is 4.13. The summed E-state index contributed by atoms with van der Waals surface area (Å²) in [5, 5.41) is 7.61. The molecule has 1 aromatic heterocycles. The average molecular weight is 506 g/mol. The second-order valence-electron chi connectivity index (χ2n) is 8.02. The van der Waals surface area contributed by atoms with E-state index in [1.165, 1.54) is 7.11 Å². The Morgan fingerprint density at radius 1 is 1.03 bits per heavy atom. The van der Waals surface area contributed by atoms with E-state index in [1.54, 1.807) is 12.1 Å². The van der Waals surface area contributed by atoms with Gasteiger partial charge >= 0.3 is 0 Å². The molecule has 2 aromatic carbocycles. The van der Waals surface area contributed by atoms with Gasteiger partial charge in [0.2, 0.25) is 5.88 Å². The van der Waals surface area contributed by atoms with E-state index in [0.29, 0.717) is 46.2 Å². The maximum absolute atomic E-state index is 11.2. The van der Waals surface area contributed by atoms with Crippen LogP contribution in [0.25, 0.3) is 22.4 Å². The fraction of sp³-hybridized carbons (Fsp3) is 0.154. The maximum atomic E-state index is 11.2. The van der Waals surface area contributed by atoms with Gasteiger partial charge in [-0.15, -0.1) is 0 Å². The Morgan fingerprint density at radius 3 is 2.40 bits per heavy atom. The molecule has 9 heteroatoms. The van der Waals surface area contributed by atoms with E-state index < -0.39 is 0 Å². The summed E-state index contributed by atoms with van der Waals surface area (Å²) in [5.41, 5.74) is 10.5. The van der Waals surface area contributed by atoms with Crippen LogP contribution in [0.3, 0.4) is 0 Å². The van der Waals surface area contributed by atoms with E-state index >= 15 is 0 Å². The molecule has 1 atom stereocenters. The Labute approximate surface area is 212 Å². The lowest BCUT2D eigenvalue weighted by Crippen LogP contribution is -2.29. The largest absolute Gasteiger partial charge is 0.480 e. The molecule has 0 saturated carbocycles. The van der Waals surface area contributed by atoms with Gasteiger partial charge in [0.25, 0.3) is 0 Å². The summed E-state index contributed by atoms with van der Waals surface area (Å²) in [4.78, 5) is 20.3. The van der Waals surface area contributed by atoms with Crippen molar-refractivity contribution in [3.63, 3.8) is 0 Å². The first-order valence-corrected chi connectivity index (χ1v) is 11.7. The number of aldehydes is 1. The topological polar surface area (TPSA) is 93.2 Å². The molecule has 0 spiro atoms. The van der Waals surface area contributed by atoms with Crippen LogP contribution < -0.4 is 10.5 Å². The average Bonchev–Trinajstić information content (AvgIpc) is 3.31. The number of rotatable bonds is 6. The molecule has 176 valence electrons. The maximum Gasteiger partial charge on any atom is 0.224 e. The summed E-state index contributed by atoms with van der Waals surface area (Å²) in [6.45, 7) is 1.12. The van der Waals surface area contributed by atoms with Gasteiger partial charge in [0, 0.05) is 28.8 Å². The minimum atomic E-state index is 0.0360. The van der Waals surface area contributed by atoms with E-state index in [-0.39, 0.29) is 11.9 Å². The van der Waals surface area contributed by atoms with Crippen molar-refractivity contribution in [3.05, 3.63) is 81.9 Å². The van der Waals surface area contributed by atoms with Crippen LogP contribution in [0.2, 0.25) is 10.0 Å². The number of carbonyl (C=O) groups is 1. The third-order valence-corrected chi connectivity index (χ3v) is 6.72.